The van der Waals surface area contributed by atoms with Crippen molar-refractivity contribution >= 4 is 17.8 Å². The molecule has 21 heavy (non-hydrogen) atoms. The molecular weight excluding hydrogens is 278 g/mol. The van der Waals surface area contributed by atoms with Gasteiger partial charge in [-0.1, -0.05) is 13.8 Å². The van der Waals surface area contributed by atoms with Crippen LogP contribution in [0.4, 0.5) is 0 Å². The minimum absolute atomic E-state index is 0.0135. The Kier molecular flexibility index (Phi) is 5.71. The SMILES string of the molecule is COC(=O)[C@@H]1C[C@H](C(=O)O)O[C@@]1(CCC(C)C)NC(C)=O. The van der Waals surface area contributed by atoms with Crippen LogP contribution in [0.15, 0.2) is 0 Å². The Labute approximate surface area is 124 Å². The van der Waals surface area contributed by atoms with Crippen LogP contribution in [0.5, 0.6) is 0 Å². The molecule has 0 bridgehead atoms. The van der Waals surface area contributed by atoms with E-state index in [1.807, 2.05) is 13.8 Å². The molecule has 3 atom stereocenters. The van der Waals surface area contributed by atoms with Crippen molar-refractivity contribution in [1.82, 2.24) is 5.32 Å². The fourth-order valence-electron chi connectivity index (χ4n) is 2.58. The van der Waals surface area contributed by atoms with Gasteiger partial charge in [0.25, 0.3) is 0 Å². The zero-order valence-electron chi connectivity index (χ0n) is 12.8. The number of esters is 1. The van der Waals surface area contributed by atoms with Crippen molar-refractivity contribution < 1.29 is 29.0 Å². The van der Waals surface area contributed by atoms with Gasteiger partial charge in [0.1, 0.15) is 5.92 Å². The Bertz CT molecular complexity index is 422. The van der Waals surface area contributed by atoms with E-state index in [9.17, 15) is 14.4 Å². The molecule has 0 saturated carbocycles. The zero-order valence-corrected chi connectivity index (χ0v) is 12.8. The first-order chi connectivity index (χ1) is 9.71. The Morgan fingerprint density at radius 2 is 2.05 bits per heavy atom. The smallest absolute Gasteiger partial charge is 0.332 e. The molecule has 2 N–H and O–H groups in total. The number of hydrogen-bond acceptors (Lipinski definition) is 5. The standard InChI is InChI=1S/C14H23NO6/c1-8(2)5-6-14(15-9(3)16)10(13(19)20-4)7-11(21-14)12(17)18/h8,10-11H,5-7H2,1-4H3,(H,15,16)(H,17,18)/t10-,11+,14+/m0/s1. The molecule has 1 heterocycles. The molecular formula is C14H23NO6. The number of ether oxygens (including phenoxy) is 2. The van der Waals surface area contributed by atoms with E-state index >= 15 is 0 Å². The van der Waals surface area contributed by atoms with Gasteiger partial charge in [-0.15, -0.1) is 0 Å². The fourth-order valence-corrected chi connectivity index (χ4v) is 2.58. The highest BCUT2D eigenvalue weighted by Gasteiger charge is 2.55. The van der Waals surface area contributed by atoms with Gasteiger partial charge in [-0.3, -0.25) is 9.59 Å². The number of carboxylic acids is 1. The van der Waals surface area contributed by atoms with E-state index in [1.54, 1.807) is 0 Å². The van der Waals surface area contributed by atoms with Gasteiger partial charge < -0.3 is 19.9 Å². The largest absolute Gasteiger partial charge is 0.479 e. The van der Waals surface area contributed by atoms with E-state index in [0.717, 1.165) is 0 Å². The Hall–Kier alpha value is -1.63. The van der Waals surface area contributed by atoms with Crippen LogP contribution in [-0.2, 0) is 23.9 Å². The van der Waals surface area contributed by atoms with Gasteiger partial charge in [0.2, 0.25) is 5.91 Å². The quantitative estimate of drug-likeness (QED) is 0.707. The summed E-state index contributed by atoms with van der Waals surface area (Å²) in [6.45, 7) is 5.30. The summed E-state index contributed by atoms with van der Waals surface area (Å²) in [4.78, 5) is 34.6. The number of rotatable bonds is 6. The summed E-state index contributed by atoms with van der Waals surface area (Å²) in [5.41, 5.74) is -1.31. The lowest BCUT2D eigenvalue weighted by Crippen LogP contribution is -2.54. The molecule has 0 aliphatic carbocycles. The van der Waals surface area contributed by atoms with E-state index in [4.69, 9.17) is 14.6 Å². The highest BCUT2D eigenvalue weighted by molar-refractivity contribution is 5.81. The average Bonchev–Trinajstić information content (AvgIpc) is 2.75. The van der Waals surface area contributed by atoms with Crippen LogP contribution in [0.1, 0.15) is 40.0 Å². The van der Waals surface area contributed by atoms with E-state index in [1.165, 1.54) is 14.0 Å². The average molecular weight is 301 g/mol. The predicted octanol–water partition coefficient (Wildman–Crippen LogP) is 0.918. The van der Waals surface area contributed by atoms with Gasteiger partial charge in [0.15, 0.2) is 11.8 Å². The summed E-state index contributed by atoms with van der Waals surface area (Å²) < 4.78 is 10.3. The normalized spacial score (nSPS) is 28.4. The van der Waals surface area contributed by atoms with Crippen molar-refractivity contribution in [1.29, 1.82) is 0 Å². The fraction of sp³-hybridized carbons (Fsp3) is 0.786. The van der Waals surface area contributed by atoms with Crippen LogP contribution in [0.3, 0.4) is 0 Å². The summed E-state index contributed by atoms with van der Waals surface area (Å²) in [7, 11) is 1.23. The molecule has 1 aliphatic heterocycles. The van der Waals surface area contributed by atoms with Gasteiger partial charge >= 0.3 is 11.9 Å². The van der Waals surface area contributed by atoms with Gasteiger partial charge in [0, 0.05) is 13.3 Å². The van der Waals surface area contributed by atoms with Gasteiger partial charge in [0.05, 0.1) is 7.11 Å². The molecule has 7 heteroatoms. The zero-order chi connectivity index (χ0) is 16.2. The maximum atomic E-state index is 12.0. The lowest BCUT2D eigenvalue weighted by Gasteiger charge is -2.34. The third kappa shape index (κ3) is 4.17. The molecule has 1 saturated heterocycles. The van der Waals surface area contributed by atoms with E-state index in [2.05, 4.69) is 5.32 Å². The Balaban J connectivity index is 3.10. The first kappa shape index (κ1) is 17.4. The number of carboxylic acid groups (broad SMARTS) is 1. The van der Waals surface area contributed by atoms with Crippen LogP contribution < -0.4 is 5.32 Å². The number of amides is 1. The molecule has 1 rings (SSSR count). The topological polar surface area (TPSA) is 102 Å². The number of nitrogens with one attached hydrogen (secondary N) is 1. The molecule has 0 aromatic heterocycles. The Morgan fingerprint density at radius 3 is 2.48 bits per heavy atom. The first-order valence-electron chi connectivity index (χ1n) is 6.99. The highest BCUT2D eigenvalue weighted by atomic mass is 16.6. The number of carbonyl (C=O) groups is 3. The maximum absolute atomic E-state index is 12.0. The van der Waals surface area contributed by atoms with Crippen molar-refractivity contribution in [3.8, 4) is 0 Å². The summed E-state index contributed by atoms with van der Waals surface area (Å²) in [6, 6.07) is 0. The van der Waals surface area contributed by atoms with Crippen LogP contribution in [0.25, 0.3) is 0 Å². The van der Waals surface area contributed by atoms with Crippen LogP contribution >= 0.6 is 0 Å². The van der Waals surface area contributed by atoms with E-state index in [-0.39, 0.29) is 12.3 Å². The van der Waals surface area contributed by atoms with Crippen LogP contribution in [0, 0.1) is 11.8 Å². The van der Waals surface area contributed by atoms with Crippen molar-refractivity contribution in [2.24, 2.45) is 11.8 Å². The number of methoxy groups -OCH3 is 1. The minimum atomic E-state index is -1.31. The summed E-state index contributed by atoms with van der Waals surface area (Å²) in [6.07, 6.45) is -0.109. The summed E-state index contributed by atoms with van der Waals surface area (Å²) in [5.74, 6) is -2.61. The molecule has 1 aliphatic rings. The molecule has 0 spiro atoms. The van der Waals surface area contributed by atoms with Crippen molar-refractivity contribution in [2.45, 2.75) is 51.9 Å². The van der Waals surface area contributed by atoms with Crippen LogP contribution in [-0.4, -0.2) is 41.9 Å². The third-order valence-corrected chi connectivity index (χ3v) is 3.61. The molecule has 120 valence electrons. The predicted molar refractivity (Wildman–Crippen MR) is 73.3 cm³/mol. The second-order valence-corrected chi connectivity index (χ2v) is 5.76. The number of carbonyl (C=O) groups excluding carboxylic acids is 2. The lowest BCUT2D eigenvalue weighted by molar-refractivity contribution is -0.168. The third-order valence-electron chi connectivity index (χ3n) is 3.61. The summed E-state index contributed by atoms with van der Waals surface area (Å²) in [5, 5.41) is 11.8. The highest BCUT2D eigenvalue weighted by Crippen LogP contribution is 2.39. The molecule has 1 fully saturated rings. The van der Waals surface area contributed by atoms with E-state index in [0.29, 0.717) is 18.8 Å². The molecule has 0 aromatic rings. The molecule has 1 amide bonds. The molecule has 7 nitrogen and oxygen atoms in total. The first-order valence-corrected chi connectivity index (χ1v) is 6.99. The summed E-state index contributed by atoms with van der Waals surface area (Å²) >= 11 is 0. The van der Waals surface area contributed by atoms with Crippen LogP contribution in [0.2, 0.25) is 0 Å². The second-order valence-electron chi connectivity index (χ2n) is 5.76. The second kappa shape index (κ2) is 6.89. The van der Waals surface area contributed by atoms with Crippen molar-refractivity contribution in [3.63, 3.8) is 0 Å². The molecule has 0 radical (unpaired) electrons. The van der Waals surface area contributed by atoms with E-state index < -0.39 is 29.7 Å². The minimum Gasteiger partial charge on any atom is -0.479 e. The lowest BCUT2D eigenvalue weighted by atomic mass is 9.88. The monoisotopic (exact) mass is 301 g/mol. The van der Waals surface area contributed by atoms with Gasteiger partial charge in [-0.25, -0.2) is 4.79 Å². The van der Waals surface area contributed by atoms with Crippen molar-refractivity contribution in [3.05, 3.63) is 0 Å². The number of aliphatic carboxylic acids is 1. The van der Waals surface area contributed by atoms with Gasteiger partial charge in [-0.2, -0.15) is 0 Å². The maximum Gasteiger partial charge on any atom is 0.332 e. The molecule has 0 aromatic carbocycles. The van der Waals surface area contributed by atoms with Crippen molar-refractivity contribution in [2.75, 3.05) is 7.11 Å². The Morgan fingerprint density at radius 1 is 1.43 bits per heavy atom. The van der Waals surface area contributed by atoms with Gasteiger partial charge in [-0.05, 0) is 18.8 Å². The molecule has 0 unspecified atom stereocenters. The number of hydrogen-bond donors (Lipinski definition) is 2.